The predicted molar refractivity (Wildman–Crippen MR) is 62.1 cm³/mol. The summed E-state index contributed by atoms with van der Waals surface area (Å²) in [5, 5.41) is 8.64. The number of unbranched alkanes of at least 4 members (excludes halogenated alkanes) is 1. The molecule has 1 aromatic rings. The van der Waals surface area contributed by atoms with E-state index in [2.05, 4.69) is 4.98 Å². The Morgan fingerprint density at radius 3 is 2.88 bits per heavy atom. The fourth-order valence-electron chi connectivity index (χ4n) is 1.36. The van der Waals surface area contributed by atoms with Crippen LogP contribution in [-0.2, 0) is 17.8 Å². The van der Waals surface area contributed by atoms with Gasteiger partial charge < -0.3 is 10.1 Å². The molecule has 0 radical (unpaired) electrons. The number of carbonyl (C=O) groups is 1. The molecule has 0 bridgehead atoms. The van der Waals surface area contributed by atoms with Crippen LogP contribution < -0.4 is 5.56 Å². The van der Waals surface area contributed by atoms with Crippen LogP contribution in [0.1, 0.15) is 25.3 Å². The van der Waals surface area contributed by atoms with Gasteiger partial charge in [-0.3, -0.25) is 14.2 Å². The van der Waals surface area contributed by atoms with Crippen LogP contribution in [0.4, 0.5) is 0 Å². The van der Waals surface area contributed by atoms with Crippen molar-refractivity contribution in [3.8, 4) is 0 Å². The van der Waals surface area contributed by atoms with Crippen LogP contribution in [0.25, 0.3) is 0 Å². The average molecular weight is 242 g/mol. The van der Waals surface area contributed by atoms with Gasteiger partial charge in [-0.15, -0.1) is 0 Å². The van der Waals surface area contributed by atoms with Crippen LogP contribution >= 0.6 is 12.2 Å². The van der Waals surface area contributed by atoms with E-state index in [1.807, 2.05) is 6.92 Å². The van der Waals surface area contributed by atoms with E-state index in [4.69, 9.17) is 17.3 Å². The highest BCUT2D eigenvalue weighted by Crippen LogP contribution is 1.96. The standard InChI is InChI=1S/C10H14N2O3S/c1-2-3-4-12-9(15)7(5-8(13)14)6-11-10(12)16/h6H,2-5H2,1H3,(H,11,16)(H,13,14). The van der Waals surface area contributed by atoms with Crippen LogP contribution in [0, 0.1) is 4.77 Å². The zero-order chi connectivity index (χ0) is 12.1. The van der Waals surface area contributed by atoms with E-state index in [9.17, 15) is 9.59 Å². The Balaban J connectivity index is 3.11. The highest BCUT2D eigenvalue weighted by atomic mass is 32.1. The molecule has 0 saturated heterocycles. The molecule has 0 aliphatic rings. The number of aromatic amines is 1. The monoisotopic (exact) mass is 242 g/mol. The zero-order valence-corrected chi connectivity index (χ0v) is 9.84. The van der Waals surface area contributed by atoms with Gasteiger partial charge in [0, 0.05) is 18.3 Å². The fraction of sp³-hybridized carbons (Fsp3) is 0.500. The number of hydrogen-bond donors (Lipinski definition) is 2. The number of H-pyrrole nitrogens is 1. The smallest absolute Gasteiger partial charge is 0.308 e. The van der Waals surface area contributed by atoms with Gasteiger partial charge in [0.1, 0.15) is 0 Å². The maximum atomic E-state index is 11.8. The summed E-state index contributed by atoms with van der Waals surface area (Å²) < 4.78 is 1.75. The molecule has 0 atom stereocenters. The van der Waals surface area contributed by atoms with Crippen molar-refractivity contribution in [2.75, 3.05) is 0 Å². The first-order valence-corrected chi connectivity index (χ1v) is 5.50. The number of carboxylic acid groups (broad SMARTS) is 1. The number of aromatic nitrogens is 2. The lowest BCUT2D eigenvalue weighted by molar-refractivity contribution is -0.136. The van der Waals surface area contributed by atoms with Gasteiger partial charge >= 0.3 is 5.97 Å². The third kappa shape index (κ3) is 3.03. The zero-order valence-electron chi connectivity index (χ0n) is 9.02. The van der Waals surface area contributed by atoms with Crippen molar-refractivity contribution in [3.63, 3.8) is 0 Å². The summed E-state index contributed by atoms with van der Waals surface area (Å²) in [6.45, 7) is 2.54. The molecule has 0 aliphatic heterocycles. The number of carboxylic acids is 1. The number of nitrogens with zero attached hydrogens (tertiary/aromatic N) is 1. The molecule has 0 saturated carbocycles. The van der Waals surface area contributed by atoms with Gasteiger partial charge in [-0.05, 0) is 18.6 Å². The highest BCUT2D eigenvalue weighted by molar-refractivity contribution is 7.71. The number of rotatable bonds is 5. The maximum Gasteiger partial charge on any atom is 0.308 e. The van der Waals surface area contributed by atoms with Crippen molar-refractivity contribution in [3.05, 3.63) is 26.9 Å². The van der Waals surface area contributed by atoms with Crippen molar-refractivity contribution >= 4 is 18.2 Å². The minimum Gasteiger partial charge on any atom is -0.481 e. The first-order chi connectivity index (χ1) is 7.56. The first-order valence-electron chi connectivity index (χ1n) is 5.09. The molecule has 0 aromatic carbocycles. The van der Waals surface area contributed by atoms with Crippen LogP contribution in [0.2, 0.25) is 0 Å². The molecule has 5 nitrogen and oxygen atoms in total. The van der Waals surface area contributed by atoms with Crippen molar-refractivity contribution in [1.82, 2.24) is 9.55 Å². The van der Waals surface area contributed by atoms with E-state index in [1.165, 1.54) is 10.8 Å². The van der Waals surface area contributed by atoms with Gasteiger partial charge in [0.15, 0.2) is 4.77 Å². The SMILES string of the molecule is CCCCn1c(=S)[nH]cc(CC(=O)O)c1=O. The van der Waals surface area contributed by atoms with E-state index >= 15 is 0 Å². The molecule has 88 valence electrons. The van der Waals surface area contributed by atoms with Gasteiger partial charge in [-0.2, -0.15) is 0 Å². The lowest BCUT2D eigenvalue weighted by Gasteiger charge is -2.06. The molecule has 2 N–H and O–H groups in total. The quantitative estimate of drug-likeness (QED) is 0.764. The Labute approximate surface area is 97.7 Å². The number of hydrogen-bond acceptors (Lipinski definition) is 3. The maximum absolute atomic E-state index is 11.8. The molecular formula is C10H14N2O3S. The third-order valence-corrected chi connectivity index (χ3v) is 2.55. The molecule has 0 amide bonds. The van der Waals surface area contributed by atoms with Gasteiger partial charge in [0.2, 0.25) is 0 Å². The second kappa shape index (κ2) is 5.60. The summed E-state index contributed by atoms with van der Waals surface area (Å²) in [6.07, 6.45) is 2.89. The molecule has 0 spiro atoms. The van der Waals surface area contributed by atoms with Crippen LogP contribution in [-0.4, -0.2) is 20.6 Å². The molecule has 16 heavy (non-hydrogen) atoms. The molecule has 0 fully saturated rings. The Morgan fingerprint density at radius 2 is 2.31 bits per heavy atom. The second-order valence-electron chi connectivity index (χ2n) is 3.50. The van der Waals surface area contributed by atoms with Crippen molar-refractivity contribution in [2.45, 2.75) is 32.7 Å². The Kier molecular flexibility index (Phi) is 4.42. The summed E-state index contributed by atoms with van der Waals surface area (Å²) in [4.78, 5) is 25.1. The van der Waals surface area contributed by atoms with E-state index in [1.54, 1.807) is 0 Å². The molecule has 1 aromatic heterocycles. The number of aliphatic carboxylic acids is 1. The van der Waals surface area contributed by atoms with E-state index in [0.717, 1.165) is 12.8 Å². The Hall–Kier alpha value is -1.43. The normalized spacial score (nSPS) is 10.3. The minimum atomic E-state index is -1.02. The summed E-state index contributed by atoms with van der Waals surface area (Å²) in [5.74, 6) is -1.02. The summed E-state index contributed by atoms with van der Waals surface area (Å²) in [7, 11) is 0. The molecule has 6 heteroatoms. The van der Waals surface area contributed by atoms with E-state index in [0.29, 0.717) is 11.3 Å². The van der Waals surface area contributed by atoms with E-state index in [-0.39, 0.29) is 17.5 Å². The highest BCUT2D eigenvalue weighted by Gasteiger charge is 2.08. The van der Waals surface area contributed by atoms with Crippen molar-refractivity contribution < 1.29 is 9.90 Å². The summed E-state index contributed by atoms with van der Waals surface area (Å²) in [5.41, 5.74) is -0.0724. The fourth-order valence-corrected chi connectivity index (χ4v) is 1.60. The average Bonchev–Trinajstić information content (AvgIpc) is 2.22. The van der Waals surface area contributed by atoms with Gasteiger partial charge in [0.25, 0.3) is 5.56 Å². The lowest BCUT2D eigenvalue weighted by atomic mass is 10.2. The molecule has 1 rings (SSSR count). The molecule has 1 heterocycles. The van der Waals surface area contributed by atoms with Gasteiger partial charge in [0.05, 0.1) is 6.42 Å². The summed E-state index contributed by atoms with van der Waals surface area (Å²) >= 11 is 4.99. The largest absolute Gasteiger partial charge is 0.481 e. The Morgan fingerprint density at radius 1 is 1.62 bits per heavy atom. The molecule has 0 unspecified atom stereocenters. The second-order valence-corrected chi connectivity index (χ2v) is 3.89. The van der Waals surface area contributed by atoms with Crippen LogP contribution in [0.3, 0.4) is 0 Å². The topological polar surface area (TPSA) is 75.1 Å². The minimum absolute atomic E-state index is 0.234. The van der Waals surface area contributed by atoms with Crippen molar-refractivity contribution in [2.24, 2.45) is 0 Å². The lowest BCUT2D eigenvalue weighted by Crippen LogP contribution is -2.26. The van der Waals surface area contributed by atoms with Crippen LogP contribution in [0.5, 0.6) is 0 Å². The van der Waals surface area contributed by atoms with Crippen LogP contribution in [0.15, 0.2) is 11.0 Å². The van der Waals surface area contributed by atoms with Gasteiger partial charge in [-0.25, -0.2) is 0 Å². The number of nitrogens with one attached hydrogen (secondary N) is 1. The van der Waals surface area contributed by atoms with Gasteiger partial charge in [-0.1, -0.05) is 13.3 Å². The third-order valence-electron chi connectivity index (χ3n) is 2.21. The molecule has 0 aliphatic carbocycles. The molecular weight excluding hydrogens is 228 g/mol. The first kappa shape index (κ1) is 12.6. The van der Waals surface area contributed by atoms with Crippen molar-refractivity contribution in [1.29, 1.82) is 0 Å². The predicted octanol–water partition coefficient (Wildman–Crippen LogP) is 1.33. The van der Waals surface area contributed by atoms with E-state index < -0.39 is 5.97 Å². The Bertz CT molecular complexity index is 490. The summed E-state index contributed by atoms with van der Waals surface area (Å²) in [6, 6.07) is 0.